The third-order valence-electron chi connectivity index (χ3n) is 6.60. The SMILES string of the molecule is O=C1[C@H]2OC[C@H](O2)[C@H]2[C@@H]1[C@@H]1c3ccccc3C=CN1[C@H]2C(=O)c1ccc(F)cc1. The molecule has 4 heterocycles. The van der Waals surface area contributed by atoms with Crippen molar-refractivity contribution >= 4 is 17.6 Å². The average molecular weight is 391 g/mol. The van der Waals surface area contributed by atoms with Crippen LogP contribution in [0.25, 0.3) is 6.08 Å². The summed E-state index contributed by atoms with van der Waals surface area (Å²) in [6.07, 6.45) is 2.73. The lowest BCUT2D eigenvalue weighted by atomic mass is 9.75. The first-order valence-corrected chi connectivity index (χ1v) is 9.78. The van der Waals surface area contributed by atoms with Gasteiger partial charge >= 0.3 is 0 Å². The summed E-state index contributed by atoms with van der Waals surface area (Å²) in [6.45, 7) is 0.302. The van der Waals surface area contributed by atoms with E-state index < -0.39 is 18.1 Å². The normalized spacial score (nSPS) is 34.0. The molecule has 0 aliphatic carbocycles. The summed E-state index contributed by atoms with van der Waals surface area (Å²) < 4.78 is 24.8. The number of carbonyl (C=O) groups is 2. The predicted octanol–water partition coefficient (Wildman–Crippen LogP) is 2.97. The molecule has 146 valence electrons. The maximum absolute atomic E-state index is 13.6. The Balaban J connectivity index is 1.50. The van der Waals surface area contributed by atoms with Crippen LogP contribution in [0.5, 0.6) is 0 Å². The summed E-state index contributed by atoms with van der Waals surface area (Å²) in [5, 5.41) is 0. The van der Waals surface area contributed by atoms with Gasteiger partial charge in [0.15, 0.2) is 11.6 Å². The van der Waals surface area contributed by atoms with E-state index in [9.17, 15) is 14.0 Å². The van der Waals surface area contributed by atoms with Gasteiger partial charge in [0.2, 0.25) is 6.29 Å². The molecule has 6 rings (SSSR count). The Hall–Kier alpha value is -2.83. The second kappa shape index (κ2) is 6.08. The van der Waals surface area contributed by atoms with Gasteiger partial charge in [-0.1, -0.05) is 24.3 Å². The first-order valence-electron chi connectivity index (χ1n) is 9.78. The largest absolute Gasteiger partial charge is 0.359 e. The molecule has 3 saturated heterocycles. The molecule has 2 aromatic rings. The van der Waals surface area contributed by atoms with Gasteiger partial charge < -0.3 is 14.4 Å². The van der Waals surface area contributed by atoms with E-state index in [1.807, 2.05) is 41.4 Å². The number of benzene rings is 2. The van der Waals surface area contributed by atoms with Crippen molar-refractivity contribution in [2.24, 2.45) is 11.8 Å². The molecule has 0 amide bonds. The summed E-state index contributed by atoms with van der Waals surface area (Å²) >= 11 is 0. The number of nitrogens with zero attached hydrogens (tertiary/aromatic N) is 1. The highest BCUT2D eigenvalue weighted by Gasteiger charge is 2.63. The molecule has 0 aromatic heterocycles. The van der Waals surface area contributed by atoms with Gasteiger partial charge in [0.05, 0.1) is 30.7 Å². The van der Waals surface area contributed by atoms with Gasteiger partial charge in [-0.3, -0.25) is 9.59 Å². The number of carbonyl (C=O) groups excluding carboxylic acids is 2. The summed E-state index contributed by atoms with van der Waals surface area (Å²) in [4.78, 5) is 28.8. The molecule has 0 N–H and O–H groups in total. The zero-order valence-corrected chi connectivity index (χ0v) is 15.4. The number of halogens is 1. The van der Waals surface area contributed by atoms with E-state index in [1.165, 1.54) is 24.3 Å². The van der Waals surface area contributed by atoms with Crippen molar-refractivity contribution in [3.05, 3.63) is 77.2 Å². The van der Waals surface area contributed by atoms with Crippen molar-refractivity contribution in [2.75, 3.05) is 6.61 Å². The minimum atomic E-state index is -0.846. The number of hydrogen-bond acceptors (Lipinski definition) is 5. The van der Waals surface area contributed by atoms with Crippen LogP contribution in [0.4, 0.5) is 4.39 Å². The molecular formula is C23H18FNO4. The number of hydrogen-bond donors (Lipinski definition) is 0. The first-order chi connectivity index (χ1) is 14.1. The molecule has 0 spiro atoms. The second-order valence-electron chi connectivity index (χ2n) is 8.00. The predicted molar refractivity (Wildman–Crippen MR) is 101 cm³/mol. The number of Topliss-reactive ketones (excluding diaryl/α,β-unsaturated/α-hetero) is 2. The van der Waals surface area contributed by atoms with Gasteiger partial charge in [0.1, 0.15) is 5.82 Å². The van der Waals surface area contributed by atoms with Gasteiger partial charge in [0.25, 0.3) is 0 Å². The topological polar surface area (TPSA) is 55.8 Å². The number of ketones is 2. The van der Waals surface area contributed by atoms with Crippen molar-refractivity contribution in [3.8, 4) is 0 Å². The van der Waals surface area contributed by atoms with Crippen LogP contribution in [0.3, 0.4) is 0 Å². The molecule has 6 atom stereocenters. The monoisotopic (exact) mass is 391 g/mol. The van der Waals surface area contributed by atoms with Crippen LogP contribution in [0.1, 0.15) is 27.5 Å². The van der Waals surface area contributed by atoms with Crippen molar-refractivity contribution in [1.82, 2.24) is 4.90 Å². The molecule has 2 aromatic carbocycles. The van der Waals surface area contributed by atoms with E-state index in [0.717, 1.165) is 11.1 Å². The molecule has 29 heavy (non-hydrogen) atoms. The Morgan fingerprint density at radius 2 is 1.90 bits per heavy atom. The summed E-state index contributed by atoms with van der Waals surface area (Å²) in [5.41, 5.74) is 2.51. The maximum Gasteiger partial charge on any atom is 0.218 e. The Morgan fingerprint density at radius 3 is 2.72 bits per heavy atom. The van der Waals surface area contributed by atoms with Crippen LogP contribution in [0, 0.1) is 17.7 Å². The van der Waals surface area contributed by atoms with E-state index >= 15 is 0 Å². The molecule has 2 bridgehead atoms. The second-order valence-corrected chi connectivity index (χ2v) is 8.00. The number of fused-ring (bicyclic) bond motifs is 8. The minimum Gasteiger partial charge on any atom is -0.359 e. The van der Waals surface area contributed by atoms with E-state index in [-0.39, 0.29) is 35.5 Å². The van der Waals surface area contributed by atoms with Crippen LogP contribution in [-0.4, -0.2) is 41.5 Å². The molecular weight excluding hydrogens is 373 g/mol. The third-order valence-corrected chi connectivity index (χ3v) is 6.60. The van der Waals surface area contributed by atoms with E-state index in [1.54, 1.807) is 0 Å². The van der Waals surface area contributed by atoms with Gasteiger partial charge in [-0.25, -0.2) is 4.39 Å². The lowest BCUT2D eigenvalue weighted by Crippen LogP contribution is -2.48. The summed E-state index contributed by atoms with van der Waals surface area (Å²) in [7, 11) is 0. The molecule has 4 aliphatic heterocycles. The Labute approximate surface area is 166 Å². The van der Waals surface area contributed by atoms with Crippen molar-refractivity contribution < 1.29 is 23.5 Å². The zero-order chi connectivity index (χ0) is 19.7. The lowest BCUT2D eigenvalue weighted by molar-refractivity contribution is -0.164. The molecule has 0 radical (unpaired) electrons. The highest BCUT2D eigenvalue weighted by atomic mass is 19.1. The van der Waals surface area contributed by atoms with Crippen LogP contribution in [-0.2, 0) is 14.3 Å². The fraction of sp³-hybridized carbons (Fsp3) is 0.304. The van der Waals surface area contributed by atoms with Gasteiger partial charge in [-0.15, -0.1) is 0 Å². The lowest BCUT2D eigenvalue weighted by Gasteiger charge is -2.34. The van der Waals surface area contributed by atoms with Gasteiger partial charge in [-0.05, 0) is 41.5 Å². The standard InChI is InChI=1S/C23H18FNO4/c24-14-7-5-13(6-8-14)21(26)20-17-16-11-28-23(29-16)22(27)18(17)19-15-4-2-1-3-12(15)9-10-25(19)20/h1-10,16-20,23H,11H2/t16-,17-,18+,19-,20+,23-/m0/s1. The fourth-order valence-corrected chi connectivity index (χ4v) is 5.40. The highest BCUT2D eigenvalue weighted by Crippen LogP contribution is 2.54. The molecule has 6 heteroatoms. The average Bonchev–Trinajstić information content (AvgIpc) is 3.33. The quantitative estimate of drug-likeness (QED) is 0.737. The van der Waals surface area contributed by atoms with Crippen molar-refractivity contribution in [1.29, 1.82) is 0 Å². The van der Waals surface area contributed by atoms with Gasteiger partial charge in [-0.2, -0.15) is 0 Å². The fourth-order valence-electron chi connectivity index (χ4n) is 5.40. The maximum atomic E-state index is 13.6. The van der Waals surface area contributed by atoms with E-state index in [2.05, 4.69) is 0 Å². The highest BCUT2D eigenvalue weighted by molar-refractivity contribution is 6.02. The van der Waals surface area contributed by atoms with Crippen LogP contribution < -0.4 is 0 Å². The number of ether oxygens (including phenoxy) is 2. The van der Waals surface area contributed by atoms with Crippen LogP contribution in [0.2, 0.25) is 0 Å². The Bertz CT molecular complexity index is 1050. The molecule has 0 unspecified atom stereocenters. The third kappa shape index (κ3) is 2.33. The molecule has 0 saturated carbocycles. The van der Waals surface area contributed by atoms with Crippen LogP contribution >= 0.6 is 0 Å². The molecule has 3 fully saturated rings. The van der Waals surface area contributed by atoms with Gasteiger partial charge in [0, 0.05) is 17.7 Å². The molecule has 5 nitrogen and oxygen atoms in total. The Morgan fingerprint density at radius 1 is 1.10 bits per heavy atom. The van der Waals surface area contributed by atoms with Crippen LogP contribution in [0.15, 0.2) is 54.7 Å². The zero-order valence-electron chi connectivity index (χ0n) is 15.4. The minimum absolute atomic E-state index is 0.0988. The summed E-state index contributed by atoms with van der Waals surface area (Å²) in [6, 6.07) is 12.7. The molecule has 4 aliphatic rings. The van der Waals surface area contributed by atoms with Crippen molar-refractivity contribution in [2.45, 2.75) is 24.5 Å². The smallest absolute Gasteiger partial charge is 0.218 e. The van der Waals surface area contributed by atoms with E-state index in [0.29, 0.717) is 12.2 Å². The first kappa shape index (κ1) is 17.1. The Kier molecular flexibility index (Phi) is 3.58. The van der Waals surface area contributed by atoms with E-state index in [4.69, 9.17) is 9.47 Å². The van der Waals surface area contributed by atoms with Crippen molar-refractivity contribution in [3.63, 3.8) is 0 Å². The summed E-state index contributed by atoms with van der Waals surface area (Å²) in [5.74, 6) is -1.33. The number of rotatable bonds is 2.